The molecule has 6 nitrogen and oxygen atoms in total. The molecule has 3 aromatic rings. The summed E-state index contributed by atoms with van der Waals surface area (Å²) in [7, 11) is -2.01. The Bertz CT molecular complexity index is 1140. The largest absolute Gasteiger partial charge is 0.352 e. The van der Waals surface area contributed by atoms with E-state index in [1.165, 1.54) is 16.4 Å². The van der Waals surface area contributed by atoms with Crippen molar-refractivity contribution in [1.29, 1.82) is 0 Å². The van der Waals surface area contributed by atoms with Crippen LogP contribution in [0.4, 0.5) is 0 Å². The van der Waals surface area contributed by atoms with Gasteiger partial charge < -0.3 is 5.32 Å². The summed E-state index contributed by atoms with van der Waals surface area (Å²) in [6.07, 6.45) is 0.702. The van der Waals surface area contributed by atoms with Gasteiger partial charge in [0.05, 0.1) is 15.6 Å². The van der Waals surface area contributed by atoms with Gasteiger partial charge in [-0.2, -0.15) is 4.31 Å². The number of carbonyl (C=O) groups excluding carboxylic acids is 1. The van der Waals surface area contributed by atoms with Crippen LogP contribution in [0.1, 0.15) is 34.8 Å². The van der Waals surface area contributed by atoms with Crippen molar-refractivity contribution >= 4 is 27.3 Å². The number of carbonyl (C=O) groups is 1. The fourth-order valence-electron chi connectivity index (χ4n) is 2.98. The highest BCUT2D eigenvalue weighted by Gasteiger charge is 2.23. The number of thiazole rings is 1. The van der Waals surface area contributed by atoms with Crippen molar-refractivity contribution in [3.63, 3.8) is 0 Å². The van der Waals surface area contributed by atoms with E-state index in [0.29, 0.717) is 18.5 Å². The van der Waals surface area contributed by atoms with Crippen molar-refractivity contribution in [2.75, 3.05) is 13.6 Å². The van der Waals surface area contributed by atoms with Crippen LogP contribution < -0.4 is 5.32 Å². The van der Waals surface area contributed by atoms with Crippen LogP contribution >= 0.6 is 11.3 Å². The molecule has 0 aliphatic rings. The van der Waals surface area contributed by atoms with Crippen molar-refractivity contribution in [2.45, 2.75) is 38.1 Å². The van der Waals surface area contributed by atoms with E-state index in [2.05, 4.69) is 10.3 Å². The molecule has 0 saturated carbocycles. The van der Waals surface area contributed by atoms with Crippen LogP contribution in [0, 0.1) is 6.92 Å². The quantitative estimate of drug-likeness (QED) is 0.552. The van der Waals surface area contributed by atoms with E-state index in [1.807, 2.05) is 50.4 Å². The first-order valence-corrected chi connectivity index (χ1v) is 12.4. The number of nitrogens with one attached hydrogen (secondary N) is 1. The number of sulfonamides is 1. The maximum absolute atomic E-state index is 12.5. The van der Waals surface area contributed by atoms with E-state index in [-0.39, 0.29) is 16.8 Å². The summed E-state index contributed by atoms with van der Waals surface area (Å²) in [6.45, 7) is 6.10. The first-order chi connectivity index (χ1) is 14.7. The number of hydrogen-bond donors (Lipinski definition) is 1. The topological polar surface area (TPSA) is 79.4 Å². The van der Waals surface area contributed by atoms with Crippen molar-refractivity contribution < 1.29 is 13.2 Å². The van der Waals surface area contributed by atoms with Crippen molar-refractivity contribution in [1.82, 2.24) is 14.6 Å². The maximum atomic E-state index is 12.5. The zero-order chi connectivity index (χ0) is 22.6. The van der Waals surface area contributed by atoms with Gasteiger partial charge in [-0.05, 0) is 57.0 Å². The number of nitrogens with zero attached hydrogens (tertiary/aromatic N) is 2. The van der Waals surface area contributed by atoms with Gasteiger partial charge in [0.1, 0.15) is 0 Å². The first-order valence-electron chi connectivity index (χ1n) is 10.1. The van der Waals surface area contributed by atoms with Gasteiger partial charge in [-0.25, -0.2) is 13.4 Å². The highest BCUT2D eigenvalue weighted by Crippen LogP contribution is 2.22. The normalized spacial score (nSPS) is 11.8. The summed E-state index contributed by atoms with van der Waals surface area (Å²) in [5.41, 5.74) is 3.61. The van der Waals surface area contributed by atoms with Gasteiger partial charge in [0.2, 0.25) is 10.0 Å². The van der Waals surface area contributed by atoms with Crippen LogP contribution in [0.2, 0.25) is 0 Å². The molecule has 0 saturated heterocycles. The van der Waals surface area contributed by atoms with Gasteiger partial charge in [-0.1, -0.05) is 24.3 Å². The minimum atomic E-state index is -3.56. The third-order valence-corrected chi connectivity index (χ3v) is 7.91. The summed E-state index contributed by atoms with van der Waals surface area (Å²) in [4.78, 5) is 17.1. The average molecular weight is 458 g/mol. The molecule has 0 atom stereocenters. The third-order valence-electron chi connectivity index (χ3n) is 5.09. The molecule has 1 N–H and O–H groups in total. The van der Waals surface area contributed by atoms with Crippen LogP contribution in [-0.2, 0) is 16.4 Å². The number of aryl methyl sites for hydroxylation is 1. The van der Waals surface area contributed by atoms with Gasteiger partial charge >= 0.3 is 0 Å². The predicted octanol–water partition coefficient (Wildman–Crippen LogP) is 4.12. The predicted molar refractivity (Wildman–Crippen MR) is 125 cm³/mol. The average Bonchev–Trinajstić information content (AvgIpc) is 3.19. The Morgan fingerprint density at radius 2 is 1.74 bits per heavy atom. The zero-order valence-corrected chi connectivity index (χ0v) is 19.8. The van der Waals surface area contributed by atoms with Gasteiger partial charge in [0.25, 0.3) is 5.91 Å². The molecule has 0 unspecified atom stereocenters. The Balaban J connectivity index is 1.55. The van der Waals surface area contributed by atoms with E-state index in [4.69, 9.17) is 0 Å². The number of hydrogen-bond acceptors (Lipinski definition) is 5. The maximum Gasteiger partial charge on any atom is 0.251 e. The summed E-state index contributed by atoms with van der Waals surface area (Å²) < 4.78 is 26.4. The van der Waals surface area contributed by atoms with Crippen LogP contribution in [0.5, 0.6) is 0 Å². The summed E-state index contributed by atoms with van der Waals surface area (Å²) in [6, 6.07) is 14.1. The molecular weight excluding hydrogens is 430 g/mol. The molecule has 164 valence electrons. The number of amides is 1. The molecule has 0 fully saturated rings. The van der Waals surface area contributed by atoms with Crippen molar-refractivity contribution in [3.05, 3.63) is 70.0 Å². The molecule has 31 heavy (non-hydrogen) atoms. The van der Waals surface area contributed by atoms with Gasteiger partial charge in [-0.15, -0.1) is 11.3 Å². The highest BCUT2D eigenvalue weighted by molar-refractivity contribution is 7.89. The lowest BCUT2D eigenvalue weighted by atomic mass is 10.1. The van der Waals surface area contributed by atoms with Crippen molar-refractivity contribution in [3.8, 4) is 11.3 Å². The van der Waals surface area contributed by atoms with E-state index < -0.39 is 10.0 Å². The lowest BCUT2D eigenvalue weighted by Gasteiger charge is -2.21. The second-order valence-corrected chi connectivity index (χ2v) is 10.7. The van der Waals surface area contributed by atoms with Crippen LogP contribution in [0.15, 0.2) is 58.8 Å². The molecule has 8 heteroatoms. The number of aromatic nitrogens is 1. The molecule has 1 heterocycles. The molecule has 0 radical (unpaired) electrons. The molecule has 0 spiro atoms. The Labute approximate surface area is 188 Å². The first kappa shape index (κ1) is 23.1. The summed E-state index contributed by atoms with van der Waals surface area (Å²) in [5.74, 6) is -0.226. The van der Waals surface area contributed by atoms with E-state index in [9.17, 15) is 13.2 Å². The highest BCUT2D eigenvalue weighted by atomic mass is 32.2. The Kier molecular flexibility index (Phi) is 7.25. The summed E-state index contributed by atoms with van der Waals surface area (Å²) >= 11 is 1.63. The van der Waals surface area contributed by atoms with E-state index in [0.717, 1.165) is 21.8 Å². The van der Waals surface area contributed by atoms with Crippen molar-refractivity contribution in [2.24, 2.45) is 0 Å². The minimum absolute atomic E-state index is 0.146. The molecule has 0 aliphatic carbocycles. The molecule has 3 rings (SSSR count). The fourth-order valence-corrected chi connectivity index (χ4v) is 4.97. The number of rotatable bonds is 8. The van der Waals surface area contributed by atoms with Crippen LogP contribution in [0.3, 0.4) is 0 Å². The molecule has 1 amide bonds. The van der Waals surface area contributed by atoms with E-state index in [1.54, 1.807) is 30.5 Å². The SMILES string of the molecule is Cc1nc(-c2ccc(CCNC(=O)c3ccc(S(=O)(=O)N(C)C(C)C)cc3)cc2)cs1. The Hall–Kier alpha value is -2.55. The third kappa shape index (κ3) is 5.58. The van der Waals surface area contributed by atoms with Gasteiger partial charge in [0.15, 0.2) is 0 Å². The fraction of sp³-hybridized carbons (Fsp3) is 0.304. The molecule has 0 aliphatic heterocycles. The van der Waals surface area contributed by atoms with Crippen LogP contribution in [0.25, 0.3) is 11.3 Å². The Morgan fingerprint density at radius 1 is 1.10 bits per heavy atom. The molecular formula is C23H27N3O3S2. The molecule has 1 aromatic heterocycles. The minimum Gasteiger partial charge on any atom is -0.352 e. The lowest BCUT2D eigenvalue weighted by molar-refractivity contribution is 0.0954. The van der Waals surface area contributed by atoms with E-state index >= 15 is 0 Å². The molecule has 2 aromatic carbocycles. The molecule has 0 bridgehead atoms. The second kappa shape index (κ2) is 9.72. The second-order valence-electron chi connectivity index (χ2n) is 7.59. The zero-order valence-electron chi connectivity index (χ0n) is 18.1. The summed E-state index contributed by atoms with van der Waals surface area (Å²) in [5, 5.41) is 5.97. The lowest BCUT2D eigenvalue weighted by Crippen LogP contribution is -2.33. The van der Waals surface area contributed by atoms with Gasteiger partial charge in [0, 0.05) is 36.1 Å². The van der Waals surface area contributed by atoms with Gasteiger partial charge in [-0.3, -0.25) is 4.79 Å². The smallest absolute Gasteiger partial charge is 0.251 e. The number of benzene rings is 2. The standard InChI is InChI=1S/C23H27N3O3S2/c1-16(2)26(4)31(28,29)21-11-9-20(10-12-21)23(27)24-14-13-18-5-7-19(8-6-18)22-15-30-17(3)25-22/h5-12,15-16H,13-14H2,1-4H3,(H,24,27). The Morgan fingerprint density at radius 3 is 2.29 bits per heavy atom. The van der Waals surface area contributed by atoms with Crippen LogP contribution in [-0.4, -0.2) is 43.2 Å². The monoisotopic (exact) mass is 457 g/mol.